The van der Waals surface area contributed by atoms with Crippen molar-refractivity contribution in [2.45, 2.75) is 0 Å². The van der Waals surface area contributed by atoms with Crippen molar-refractivity contribution in [3.05, 3.63) is 24.2 Å². The number of carbonyl (C=O) groups excluding carboxylic acids is 1. The third-order valence-electron chi connectivity index (χ3n) is 2.96. The fraction of sp³-hybridized carbons (Fsp3) is 0.545. The number of Topliss-reactive ketones (excluding diaryl/α,β-unsaturated/α-hetero) is 1. The minimum absolute atomic E-state index is 0.0761. The summed E-state index contributed by atoms with van der Waals surface area (Å²) in [5, 5.41) is 0. The zero-order chi connectivity index (χ0) is 13.2. The van der Waals surface area contributed by atoms with Crippen molar-refractivity contribution in [1.82, 2.24) is 9.21 Å². The van der Waals surface area contributed by atoms with E-state index in [0.29, 0.717) is 31.9 Å². The lowest BCUT2D eigenvalue weighted by atomic mass is 10.2. The predicted molar refractivity (Wildman–Crippen MR) is 65.9 cm³/mol. The van der Waals surface area contributed by atoms with E-state index in [9.17, 15) is 13.2 Å². The van der Waals surface area contributed by atoms with E-state index in [-0.39, 0.29) is 12.3 Å². The van der Waals surface area contributed by atoms with E-state index in [4.69, 9.17) is 4.42 Å². The zero-order valence-electron chi connectivity index (χ0n) is 10.2. The second-order valence-electron chi connectivity index (χ2n) is 4.34. The molecule has 2 rings (SSSR count). The molecule has 0 spiro atoms. The van der Waals surface area contributed by atoms with Crippen LogP contribution in [0.5, 0.6) is 0 Å². The number of nitrogens with zero attached hydrogens (tertiary/aromatic N) is 2. The first-order valence-electron chi connectivity index (χ1n) is 5.71. The molecule has 100 valence electrons. The largest absolute Gasteiger partial charge is 0.461 e. The quantitative estimate of drug-likeness (QED) is 0.724. The predicted octanol–water partition coefficient (Wildman–Crippen LogP) is 0.0395. The fourth-order valence-electron chi connectivity index (χ4n) is 1.94. The average Bonchev–Trinajstić information content (AvgIpc) is 2.82. The van der Waals surface area contributed by atoms with Crippen LogP contribution < -0.4 is 0 Å². The highest BCUT2D eigenvalue weighted by atomic mass is 32.2. The third-order valence-corrected chi connectivity index (χ3v) is 4.27. The van der Waals surface area contributed by atoms with Crippen LogP contribution in [0.3, 0.4) is 0 Å². The summed E-state index contributed by atoms with van der Waals surface area (Å²) in [4.78, 5) is 13.7. The molecule has 6 nitrogen and oxygen atoms in total. The summed E-state index contributed by atoms with van der Waals surface area (Å²) in [5.41, 5.74) is 0. The number of sulfonamides is 1. The molecular formula is C11H16N2O4S. The van der Waals surface area contributed by atoms with E-state index in [1.807, 2.05) is 4.90 Å². The lowest BCUT2D eigenvalue weighted by Gasteiger charge is -2.32. The molecule has 2 heterocycles. The topological polar surface area (TPSA) is 70.8 Å². The summed E-state index contributed by atoms with van der Waals surface area (Å²) in [7, 11) is -3.12. The Labute approximate surface area is 106 Å². The Morgan fingerprint density at radius 2 is 2.00 bits per heavy atom. The lowest BCUT2D eigenvalue weighted by Crippen LogP contribution is -2.49. The van der Waals surface area contributed by atoms with Crippen molar-refractivity contribution in [2.24, 2.45) is 0 Å². The van der Waals surface area contributed by atoms with Crippen LogP contribution in [0.25, 0.3) is 0 Å². The molecule has 1 aliphatic rings. The molecule has 1 saturated heterocycles. The molecule has 0 atom stereocenters. The number of hydrogen-bond acceptors (Lipinski definition) is 5. The number of rotatable bonds is 4. The van der Waals surface area contributed by atoms with Crippen molar-refractivity contribution in [2.75, 3.05) is 39.0 Å². The van der Waals surface area contributed by atoms with Crippen LogP contribution in [0, 0.1) is 0 Å². The first-order valence-corrected chi connectivity index (χ1v) is 7.56. The van der Waals surface area contributed by atoms with Crippen LogP contribution in [0.2, 0.25) is 0 Å². The highest BCUT2D eigenvalue weighted by molar-refractivity contribution is 7.88. The molecule has 1 aromatic rings. The Hall–Kier alpha value is -1.18. The molecule has 0 amide bonds. The van der Waals surface area contributed by atoms with E-state index in [1.54, 1.807) is 12.1 Å². The summed E-state index contributed by atoms with van der Waals surface area (Å²) in [6, 6.07) is 3.31. The van der Waals surface area contributed by atoms with Gasteiger partial charge in [-0.2, -0.15) is 4.31 Å². The van der Waals surface area contributed by atoms with Crippen LogP contribution >= 0.6 is 0 Å². The molecule has 18 heavy (non-hydrogen) atoms. The zero-order valence-corrected chi connectivity index (χ0v) is 11.0. The Morgan fingerprint density at radius 1 is 1.33 bits per heavy atom. The van der Waals surface area contributed by atoms with Crippen molar-refractivity contribution in [1.29, 1.82) is 0 Å². The molecule has 7 heteroatoms. The van der Waals surface area contributed by atoms with Gasteiger partial charge in [0.2, 0.25) is 15.8 Å². The molecular weight excluding hydrogens is 256 g/mol. The van der Waals surface area contributed by atoms with Crippen molar-refractivity contribution >= 4 is 15.8 Å². The van der Waals surface area contributed by atoms with E-state index in [1.165, 1.54) is 16.8 Å². The first kappa shape index (κ1) is 13.3. The second kappa shape index (κ2) is 5.21. The third kappa shape index (κ3) is 3.18. The van der Waals surface area contributed by atoms with Gasteiger partial charge < -0.3 is 4.42 Å². The van der Waals surface area contributed by atoms with Gasteiger partial charge in [-0.25, -0.2) is 8.42 Å². The number of carbonyl (C=O) groups is 1. The molecule has 0 saturated carbocycles. The van der Waals surface area contributed by atoms with Gasteiger partial charge in [0.15, 0.2) is 5.76 Å². The van der Waals surface area contributed by atoms with Gasteiger partial charge in [0.05, 0.1) is 19.1 Å². The molecule has 0 aromatic carbocycles. The fourth-order valence-corrected chi connectivity index (χ4v) is 2.76. The molecule has 1 aliphatic heterocycles. The summed E-state index contributed by atoms with van der Waals surface area (Å²) in [6.45, 7) is 2.28. The van der Waals surface area contributed by atoms with Crippen molar-refractivity contribution < 1.29 is 17.6 Å². The van der Waals surface area contributed by atoms with Gasteiger partial charge >= 0.3 is 0 Å². The van der Waals surface area contributed by atoms with E-state index < -0.39 is 10.0 Å². The Bertz CT molecular complexity index is 501. The number of hydrogen-bond donors (Lipinski definition) is 0. The smallest absolute Gasteiger partial charge is 0.211 e. The van der Waals surface area contributed by atoms with Gasteiger partial charge in [0.25, 0.3) is 0 Å². The molecule has 0 bridgehead atoms. The molecule has 1 fully saturated rings. The van der Waals surface area contributed by atoms with E-state index in [2.05, 4.69) is 0 Å². The number of ketones is 1. The molecule has 0 N–H and O–H groups in total. The van der Waals surface area contributed by atoms with Gasteiger partial charge in [-0.1, -0.05) is 0 Å². The van der Waals surface area contributed by atoms with Gasteiger partial charge in [0.1, 0.15) is 0 Å². The average molecular weight is 272 g/mol. The number of piperazine rings is 1. The van der Waals surface area contributed by atoms with Crippen molar-refractivity contribution in [3.8, 4) is 0 Å². The van der Waals surface area contributed by atoms with Gasteiger partial charge in [-0.05, 0) is 12.1 Å². The van der Waals surface area contributed by atoms with Gasteiger partial charge in [-0.3, -0.25) is 9.69 Å². The minimum Gasteiger partial charge on any atom is -0.461 e. The maximum atomic E-state index is 11.8. The maximum absolute atomic E-state index is 11.8. The second-order valence-corrected chi connectivity index (χ2v) is 6.32. The molecule has 0 radical (unpaired) electrons. The first-order chi connectivity index (χ1) is 8.47. The normalized spacial score (nSPS) is 18.9. The minimum atomic E-state index is -3.12. The van der Waals surface area contributed by atoms with Gasteiger partial charge in [-0.15, -0.1) is 0 Å². The highest BCUT2D eigenvalue weighted by Gasteiger charge is 2.24. The highest BCUT2D eigenvalue weighted by Crippen LogP contribution is 2.08. The molecule has 0 aliphatic carbocycles. The number of furan rings is 1. The summed E-state index contributed by atoms with van der Waals surface area (Å²) in [5.74, 6) is 0.272. The van der Waals surface area contributed by atoms with Crippen LogP contribution in [0.4, 0.5) is 0 Å². The monoisotopic (exact) mass is 272 g/mol. The molecule has 0 unspecified atom stereocenters. The Kier molecular flexibility index (Phi) is 3.84. The summed E-state index contributed by atoms with van der Waals surface area (Å²) >= 11 is 0. The SMILES string of the molecule is CS(=O)(=O)N1CCN(CC(=O)c2ccco2)CC1. The van der Waals surface area contributed by atoms with E-state index in [0.717, 1.165) is 0 Å². The van der Waals surface area contributed by atoms with Gasteiger partial charge in [0, 0.05) is 26.2 Å². The summed E-state index contributed by atoms with van der Waals surface area (Å²) < 4.78 is 29.1. The van der Waals surface area contributed by atoms with Crippen LogP contribution in [0.1, 0.15) is 10.6 Å². The van der Waals surface area contributed by atoms with Crippen LogP contribution in [0.15, 0.2) is 22.8 Å². The standard InChI is InChI=1S/C11H16N2O4S/c1-18(15,16)13-6-4-12(5-7-13)9-10(14)11-3-2-8-17-11/h2-3,8H,4-7,9H2,1H3. The Morgan fingerprint density at radius 3 is 2.50 bits per heavy atom. The molecule has 1 aromatic heterocycles. The van der Waals surface area contributed by atoms with Crippen molar-refractivity contribution in [3.63, 3.8) is 0 Å². The lowest BCUT2D eigenvalue weighted by molar-refractivity contribution is 0.0875. The van der Waals surface area contributed by atoms with Crippen LogP contribution in [-0.4, -0.2) is 62.4 Å². The maximum Gasteiger partial charge on any atom is 0.211 e. The Balaban J connectivity index is 1.86. The summed E-state index contributed by atoms with van der Waals surface area (Å²) in [6.07, 6.45) is 2.67. The van der Waals surface area contributed by atoms with Crippen LogP contribution in [-0.2, 0) is 10.0 Å². The van der Waals surface area contributed by atoms with E-state index >= 15 is 0 Å².